The lowest BCUT2D eigenvalue weighted by atomic mass is 10.0. The average molecular weight is 444 g/mol. The number of rotatable bonds is 4. The number of benzene rings is 2. The summed E-state index contributed by atoms with van der Waals surface area (Å²) in [6.07, 6.45) is 1.93. The number of piperidine rings is 1. The number of sulfonamides is 1. The predicted octanol–water partition coefficient (Wildman–Crippen LogP) is 4.59. The molecule has 0 unspecified atom stereocenters. The van der Waals surface area contributed by atoms with Gasteiger partial charge >= 0.3 is 0 Å². The summed E-state index contributed by atoms with van der Waals surface area (Å²) in [5.74, 6) is 0.0544. The molecule has 1 aliphatic rings. The summed E-state index contributed by atoms with van der Waals surface area (Å²) < 4.78 is 28.3. The number of hydrogen-bond acceptors (Lipinski definition) is 5. The van der Waals surface area contributed by atoms with Crippen molar-refractivity contribution in [2.45, 2.75) is 38.5 Å². The maximum atomic E-state index is 12.9. The highest BCUT2D eigenvalue weighted by Gasteiger charge is 2.28. The van der Waals surface area contributed by atoms with Crippen LogP contribution in [-0.4, -0.2) is 36.7 Å². The van der Waals surface area contributed by atoms with E-state index in [0.29, 0.717) is 29.7 Å². The van der Waals surface area contributed by atoms with Crippen molar-refractivity contribution in [3.63, 3.8) is 0 Å². The van der Waals surface area contributed by atoms with Crippen LogP contribution >= 0.6 is 11.3 Å². The number of nitrogens with zero attached hydrogens (tertiary/aromatic N) is 2. The van der Waals surface area contributed by atoms with E-state index in [1.807, 2.05) is 26.0 Å². The minimum atomic E-state index is -3.53. The Bertz CT molecular complexity index is 1200. The Kier molecular flexibility index (Phi) is 5.65. The Labute approximate surface area is 181 Å². The Balaban J connectivity index is 1.51. The van der Waals surface area contributed by atoms with E-state index < -0.39 is 10.0 Å². The fourth-order valence-electron chi connectivity index (χ4n) is 3.74. The van der Waals surface area contributed by atoms with Crippen LogP contribution in [0.25, 0.3) is 10.2 Å². The van der Waals surface area contributed by atoms with Gasteiger partial charge in [-0.15, -0.1) is 0 Å². The number of aryl methyl sites for hydroxylation is 2. The van der Waals surface area contributed by atoms with Crippen molar-refractivity contribution in [2.75, 3.05) is 18.4 Å². The molecule has 0 bridgehead atoms. The lowest BCUT2D eigenvalue weighted by Gasteiger charge is -2.30. The molecular weight excluding hydrogens is 418 g/mol. The molecule has 4 rings (SSSR count). The molecule has 2 aromatic carbocycles. The van der Waals surface area contributed by atoms with Crippen molar-refractivity contribution in [3.8, 4) is 0 Å². The zero-order valence-electron chi connectivity index (χ0n) is 17.3. The molecule has 1 saturated heterocycles. The average Bonchev–Trinajstić information content (AvgIpc) is 3.14. The van der Waals surface area contributed by atoms with Crippen LogP contribution < -0.4 is 5.32 Å². The number of carbonyl (C=O) groups is 1. The highest BCUT2D eigenvalue weighted by atomic mass is 32.2. The molecule has 0 radical (unpaired) electrons. The summed E-state index contributed by atoms with van der Waals surface area (Å²) in [6, 6.07) is 10.2. The third-order valence-corrected chi connectivity index (χ3v) is 8.49. The summed E-state index contributed by atoms with van der Waals surface area (Å²) in [7, 11) is -3.53. The van der Waals surface area contributed by atoms with E-state index in [1.165, 1.54) is 23.5 Å². The lowest BCUT2D eigenvalue weighted by Crippen LogP contribution is -2.39. The molecular formula is C22H25N3O3S2. The monoisotopic (exact) mass is 443 g/mol. The van der Waals surface area contributed by atoms with E-state index in [4.69, 9.17) is 0 Å². The van der Waals surface area contributed by atoms with Gasteiger partial charge in [0.15, 0.2) is 5.13 Å². The minimum Gasteiger partial charge on any atom is -0.298 e. The van der Waals surface area contributed by atoms with Gasteiger partial charge < -0.3 is 0 Å². The number of thiazole rings is 1. The first-order valence-electron chi connectivity index (χ1n) is 10.0. The topological polar surface area (TPSA) is 79.4 Å². The van der Waals surface area contributed by atoms with E-state index in [-0.39, 0.29) is 10.8 Å². The van der Waals surface area contributed by atoms with E-state index >= 15 is 0 Å². The van der Waals surface area contributed by atoms with E-state index in [9.17, 15) is 13.2 Å². The van der Waals surface area contributed by atoms with Gasteiger partial charge in [-0.2, -0.15) is 4.31 Å². The van der Waals surface area contributed by atoms with Crippen molar-refractivity contribution >= 4 is 42.6 Å². The molecule has 0 aliphatic carbocycles. The summed E-state index contributed by atoms with van der Waals surface area (Å²) in [5, 5.41) is 3.36. The van der Waals surface area contributed by atoms with Crippen LogP contribution in [0.1, 0.15) is 41.3 Å². The molecule has 8 heteroatoms. The van der Waals surface area contributed by atoms with Crippen LogP contribution in [0.5, 0.6) is 0 Å². The molecule has 1 fully saturated rings. The fraction of sp³-hybridized carbons (Fsp3) is 0.364. The molecule has 1 atom stereocenters. The largest absolute Gasteiger partial charge is 0.298 e. The van der Waals surface area contributed by atoms with Crippen molar-refractivity contribution in [3.05, 3.63) is 53.1 Å². The zero-order valence-corrected chi connectivity index (χ0v) is 18.9. The van der Waals surface area contributed by atoms with Crippen molar-refractivity contribution < 1.29 is 13.2 Å². The SMILES string of the molecule is Cc1ccc2sc(NC(=O)c3ccc(S(=O)(=O)N4CCC[C@H](C)C4)cc3)nc2c1C. The summed E-state index contributed by atoms with van der Waals surface area (Å²) in [6.45, 7) is 7.21. The van der Waals surface area contributed by atoms with Crippen molar-refractivity contribution in [1.29, 1.82) is 0 Å². The quantitative estimate of drug-likeness (QED) is 0.640. The highest BCUT2D eigenvalue weighted by molar-refractivity contribution is 7.89. The Hall–Kier alpha value is -2.29. The van der Waals surface area contributed by atoms with E-state index in [0.717, 1.165) is 34.2 Å². The first-order valence-corrected chi connectivity index (χ1v) is 12.3. The highest BCUT2D eigenvalue weighted by Crippen LogP contribution is 2.30. The molecule has 158 valence electrons. The smallest absolute Gasteiger partial charge is 0.257 e. The normalized spacial score (nSPS) is 17.9. The Morgan fingerprint density at radius 1 is 1.17 bits per heavy atom. The molecule has 1 aromatic heterocycles. The van der Waals surface area contributed by atoms with Gasteiger partial charge in [-0.1, -0.05) is 24.3 Å². The maximum Gasteiger partial charge on any atom is 0.257 e. The van der Waals surface area contributed by atoms with Crippen LogP contribution in [0.15, 0.2) is 41.3 Å². The summed E-state index contributed by atoms with van der Waals surface area (Å²) >= 11 is 1.42. The molecule has 30 heavy (non-hydrogen) atoms. The fourth-order valence-corrected chi connectivity index (χ4v) is 6.26. The lowest BCUT2D eigenvalue weighted by molar-refractivity contribution is 0.102. The number of hydrogen-bond donors (Lipinski definition) is 1. The van der Waals surface area contributed by atoms with Gasteiger partial charge in [0.2, 0.25) is 10.0 Å². The van der Waals surface area contributed by atoms with Crippen molar-refractivity contribution in [1.82, 2.24) is 9.29 Å². The van der Waals surface area contributed by atoms with E-state index in [2.05, 4.69) is 17.2 Å². The van der Waals surface area contributed by atoms with Gasteiger partial charge in [0, 0.05) is 18.7 Å². The minimum absolute atomic E-state index is 0.222. The number of anilines is 1. The third kappa shape index (κ3) is 3.99. The van der Waals surface area contributed by atoms with Crippen molar-refractivity contribution in [2.24, 2.45) is 5.92 Å². The number of fused-ring (bicyclic) bond motifs is 1. The van der Waals surface area contributed by atoms with Gasteiger partial charge in [-0.25, -0.2) is 13.4 Å². The maximum absolute atomic E-state index is 12.9. The second-order valence-electron chi connectivity index (χ2n) is 7.96. The molecule has 1 amide bonds. The Morgan fingerprint density at radius 3 is 2.60 bits per heavy atom. The number of carbonyl (C=O) groups excluding carboxylic acids is 1. The third-order valence-electron chi connectivity index (χ3n) is 5.68. The first-order chi connectivity index (χ1) is 14.3. The van der Waals surface area contributed by atoms with E-state index in [1.54, 1.807) is 16.4 Å². The number of nitrogens with one attached hydrogen (secondary N) is 1. The number of amides is 1. The zero-order chi connectivity index (χ0) is 21.5. The second-order valence-corrected chi connectivity index (χ2v) is 10.9. The molecule has 1 N–H and O–H groups in total. The summed E-state index contributed by atoms with van der Waals surface area (Å²) in [5.41, 5.74) is 3.55. The molecule has 2 heterocycles. The van der Waals surface area contributed by atoms with Gasteiger partial charge in [0.05, 0.1) is 15.1 Å². The van der Waals surface area contributed by atoms with Crippen LogP contribution in [-0.2, 0) is 10.0 Å². The van der Waals surface area contributed by atoms with Gasteiger partial charge in [-0.3, -0.25) is 10.1 Å². The Morgan fingerprint density at radius 2 is 1.90 bits per heavy atom. The second kappa shape index (κ2) is 8.09. The molecule has 0 spiro atoms. The van der Waals surface area contributed by atoms with Crippen LogP contribution in [0.4, 0.5) is 5.13 Å². The van der Waals surface area contributed by atoms with Gasteiger partial charge in [0.1, 0.15) is 0 Å². The molecule has 6 nitrogen and oxygen atoms in total. The van der Waals surface area contributed by atoms with Gasteiger partial charge in [-0.05, 0) is 74.1 Å². The van der Waals surface area contributed by atoms with Gasteiger partial charge in [0.25, 0.3) is 5.91 Å². The van der Waals surface area contributed by atoms with Crippen LogP contribution in [0, 0.1) is 19.8 Å². The molecule has 3 aromatic rings. The van der Waals surface area contributed by atoms with Crippen LogP contribution in [0.3, 0.4) is 0 Å². The number of aromatic nitrogens is 1. The predicted molar refractivity (Wildman–Crippen MR) is 121 cm³/mol. The standard InChI is InChI=1S/C22H25N3O3S2/c1-14-5-4-12-25(13-14)30(27,28)18-9-7-17(8-10-18)21(26)24-22-23-20-16(3)15(2)6-11-19(20)29-22/h6-11,14H,4-5,12-13H2,1-3H3,(H,23,24,26)/t14-/m0/s1. The molecule has 0 saturated carbocycles. The van der Waals surface area contributed by atoms with Crippen LogP contribution in [0.2, 0.25) is 0 Å². The molecule has 1 aliphatic heterocycles. The first kappa shape index (κ1) is 21.0. The summed E-state index contributed by atoms with van der Waals surface area (Å²) in [4.78, 5) is 17.4.